The van der Waals surface area contributed by atoms with Crippen molar-refractivity contribution in [1.82, 2.24) is 15.2 Å². The van der Waals surface area contributed by atoms with Crippen LogP contribution in [0.2, 0.25) is 0 Å². The zero-order valence-electron chi connectivity index (χ0n) is 10.3. The first-order chi connectivity index (χ1) is 7.51. The largest absolute Gasteiger partial charge is 0.285 e. The lowest BCUT2D eigenvalue weighted by Crippen LogP contribution is -2.51. The van der Waals surface area contributed by atoms with E-state index < -0.39 is 0 Å². The maximum atomic E-state index is 4.01. The quantitative estimate of drug-likeness (QED) is 0.761. The van der Waals surface area contributed by atoms with Gasteiger partial charge in [0.1, 0.15) is 17.4 Å². The number of rotatable bonds is 3. The maximum Gasteiger partial charge on any atom is 0.242 e. The van der Waals surface area contributed by atoms with Gasteiger partial charge in [-0.3, -0.25) is 5.10 Å². The van der Waals surface area contributed by atoms with E-state index in [1.807, 2.05) is 18.7 Å². The van der Waals surface area contributed by atoms with Crippen molar-refractivity contribution < 1.29 is 4.57 Å². The van der Waals surface area contributed by atoms with Crippen molar-refractivity contribution in [2.75, 3.05) is 0 Å². The Balaban J connectivity index is 2.36. The van der Waals surface area contributed by atoms with Gasteiger partial charge in [-0.1, -0.05) is 13.8 Å². The smallest absolute Gasteiger partial charge is 0.242 e. The topological polar surface area (TPSA) is 48.4 Å². The van der Waals surface area contributed by atoms with Crippen molar-refractivity contribution in [2.45, 2.75) is 39.2 Å². The van der Waals surface area contributed by atoms with E-state index in [-0.39, 0.29) is 5.54 Å². The van der Waals surface area contributed by atoms with Crippen LogP contribution in [0.4, 0.5) is 0 Å². The molecule has 2 aromatic rings. The van der Waals surface area contributed by atoms with Gasteiger partial charge in [0.05, 0.1) is 6.20 Å². The van der Waals surface area contributed by atoms with Crippen LogP contribution in [-0.2, 0) is 5.54 Å². The third kappa shape index (κ3) is 1.75. The Labute approximate surface area is 95.7 Å². The van der Waals surface area contributed by atoms with E-state index in [0.717, 1.165) is 0 Å². The van der Waals surface area contributed by atoms with Crippen molar-refractivity contribution >= 4 is 0 Å². The van der Waals surface area contributed by atoms with Gasteiger partial charge in [-0.25, -0.2) is 9.55 Å². The van der Waals surface area contributed by atoms with Gasteiger partial charge < -0.3 is 0 Å². The van der Waals surface area contributed by atoms with Crippen LogP contribution in [0.3, 0.4) is 0 Å². The molecule has 2 N–H and O–H groups in total. The molecule has 4 heteroatoms. The van der Waals surface area contributed by atoms with E-state index in [0.29, 0.717) is 5.92 Å². The van der Waals surface area contributed by atoms with Crippen LogP contribution in [-0.4, -0.2) is 15.2 Å². The molecule has 0 unspecified atom stereocenters. The molecular formula is C12H19N4+. The molecule has 0 saturated carbocycles. The van der Waals surface area contributed by atoms with Gasteiger partial charge in [0.25, 0.3) is 0 Å². The van der Waals surface area contributed by atoms with Crippen molar-refractivity contribution in [3.63, 3.8) is 0 Å². The molecule has 2 heterocycles. The van der Waals surface area contributed by atoms with Gasteiger partial charge in [-0.05, 0) is 13.8 Å². The highest BCUT2D eigenvalue weighted by Gasteiger charge is 2.29. The fourth-order valence-corrected chi connectivity index (χ4v) is 1.74. The van der Waals surface area contributed by atoms with Crippen molar-refractivity contribution in [3.8, 4) is 0 Å². The summed E-state index contributed by atoms with van der Waals surface area (Å²) in [4.78, 5) is 3.31. The molecule has 0 spiro atoms. The highest BCUT2D eigenvalue weighted by atomic mass is 15.1. The predicted molar refractivity (Wildman–Crippen MR) is 62.1 cm³/mol. The average molecular weight is 219 g/mol. The highest BCUT2D eigenvalue weighted by Crippen LogP contribution is 2.19. The summed E-state index contributed by atoms with van der Waals surface area (Å²) < 4.78 is 2.19. The number of imidazole rings is 1. The summed E-state index contributed by atoms with van der Waals surface area (Å²) in [6.07, 6.45) is 7.99. The van der Waals surface area contributed by atoms with Crippen LogP contribution < -0.4 is 4.57 Å². The van der Waals surface area contributed by atoms with Gasteiger partial charge in [-0.2, -0.15) is 5.10 Å². The molecule has 0 amide bonds. The monoisotopic (exact) mass is 219 g/mol. The summed E-state index contributed by atoms with van der Waals surface area (Å²) in [7, 11) is 0. The van der Waals surface area contributed by atoms with Crippen LogP contribution in [0.1, 0.15) is 44.9 Å². The molecule has 4 nitrogen and oxygen atoms in total. The molecule has 86 valence electrons. The summed E-state index contributed by atoms with van der Waals surface area (Å²) in [6, 6.07) is 0. The van der Waals surface area contributed by atoms with Gasteiger partial charge in [0.15, 0.2) is 0 Å². The Bertz CT molecular complexity index is 451. The van der Waals surface area contributed by atoms with Gasteiger partial charge >= 0.3 is 0 Å². The fraction of sp³-hybridized carbons (Fsp3) is 0.500. The predicted octanol–water partition coefficient (Wildman–Crippen LogP) is 1.93. The lowest BCUT2D eigenvalue weighted by molar-refractivity contribution is -0.746. The molecular weight excluding hydrogens is 200 g/mol. The normalized spacial score (nSPS) is 12.3. The number of nitrogens with zero attached hydrogens (tertiary/aromatic N) is 2. The third-order valence-electron chi connectivity index (χ3n) is 3.12. The summed E-state index contributed by atoms with van der Waals surface area (Å²) >= 11 is 0. The van der Waals surface area contributed by atoms with E-state index in [2.05, 4.69) is 53.6 Å². The van der Waals surface area contributed by atoms with Crippen LogP contribution in [0.5, 0.6) is 0 Å². The fourth-order valence-electron chi connectivity index (χ4n) is 1.74. The Hall–Kier alpha value is -1.58. The highest BCUT2D eigenvalue weighted by molar-refractivity contribution is 5.11. The van der Waals surface area contributed by atoms with Gasteiger partial charge in [0, 0.05) is 17.7 Å². The average Bonchev–Trinajstić information content (AvgIpc) is 2.90. The second-order valence-corrected chi connectivity index (χ2v) is 4.97. The van der Waals surface area contributed by atoms with Crippen LogP contribution in [0.25, 0.3) is 0 Å². The number of aromatic amines is 2. The van der Waals surface area contributed by atoms with E-state index in [1.165, 1.54) is 11.3 Å². The molecule has 0 aliphatic rings. The minimum atomic E-state index is -0.0867. The summed E-state index contributed by atoms with van der Waals surface area (Å²) in [6.45, 7) is 8.72. The SMILES string of the molecule is CC(C)c1c[n+](C(C)(C)c2cn[nH]c2)c[nH]1. The number of hydrogen-bond acceptors (Lipinski definition) is 1. The molecule has 16 heavy (non-hydrogen) atoms. The zero-order chi connectivity index (χ0) is 11.8. The lowest BCUT2D eigenvalue weighted by atomic mass is 9.97. The molecule has 2 aromatic heterocycles. The van der Waals surface area contributed by atoms with Gasteiger partial charge in [-0.15, -0.1) is 0 Å². The summed E-state index contributed by atoms with van der Waals surface area (Å²) in [5.41, 5.74) is 2.33. The maximum absolute atomic E-state index is 4.01. The minimum Gasteiger partial charge on any atom is -0.285 e. The van der Waals surface area contributed by atoms with Crippen molar-refractivity contribution in [3.05, 3.63) is 36.2 Å². The Morgan fingerprint density at radius 3 is 2.62 bits per heavy atom. The minimum absolute atomic E-state index is 0.0867. The Morgan fingerprint density at radius 1 is 1.38 bits per heavy atom. The van der Waals surface area contributed by atoms with E-state index >= 15 is 0 Å². The molecule has 2 rings (SSSR count). The second kappa shape index (κ2) is 3.77. The molecule has 0 aliphatic carbocycles. The number of nitrogens with one attached hydrogen (secondary N) is 2. The number of aromatic nitrogens is 4. The van der Waals surface area contributed by atoms with Crippen LogP contribution in [0.15, 0.2) is 24.9 Å². The first-order valence-electron chi connectivity index (χ1n) is 5.61. The number of hydrogen-bond donors (Lipinski definition) is 2. The van der Waals surface area contributed by atoms with Gasteiger partial charge in [0.2, 0.25) is 6.33 Å². The molecule has 0 bridgehead atoms. The van der Waals surface area contributed by atoms with E-state index in [1.54, 1.807) is 0 Å². The van der Waals surface area contributed by atoms with Crippen LogP contribution >= 0.6 is 0 Å². The van der Waals surface area contributed by atoms with E-state index in [4.69, 9.17) is 0 Å². The lowest BCUT2D eigenvalue weighted by Gasteiger charge is -2.19. The molecule has 0 aromatic carbocycles. The number of H-pyrrole nitrogens is 2. The Kier molecular flexibility index (Phi) is 2.58. The first-order valence-corrected chi connectivity index (χ1v) is 5.61. The van der Waals surface area contributed by atoms with Crippen molar-refractivity contribution in [1.29, 1.82) is 0 Å². The summed E-state index contributed by atoms with van der Waals surface area (Å²) in [5.74, 6) is 0.515. The molecule has 0 fully saturated rings. The Morgan fingerprint density at radius 2 is 2.12 bits per heavy atom. The standard InChI is InChI=1S/C12H18N4/c1-9(2)11-7-16(8-13-11)12(3,4)10-5-14-15-6-10/h5-9H,1-4H3,(H,14,15)/p+1. The molecule has 0 atom stereocenters. The summed E-state index contributed by atoms with van der Waals surface area (Å²) in [5, 5.41) is 6.87. The molecule has 0 saturated heterocycles. The first kappa shape index (κ1) is 10.9. The third-order valence-corrected chi connectivity index (χ3v) is 3.12. The molecule has 0 radical (unpaired) electrons. The second-order valence-electron chi connectivity index (χ2n) is 4.97. The zero-order valence-corrected chi connectivity index (χ0v) is 10.3. The van der Waals surface area contributed by atoms with E-state index in [9.17, 15) is 0 Å². The van der Waals surface area contributed by atoms with Crippen molar-refractivity contribution in [2.24, 2.45) is 0 Å². The molecule has 0 aliphatic heterocycles. The van der Waals surface area contributed by atoms with Crippen LogP contribution in [0, 0.1) is 0 Å².